The lowest BCUT2D eigenvalue weighted by Gasteiger charge is -2.15. The predicted molar refractivity (Wildman–Crippen MR) is 116 cm³/mol. The molecule has 1 heterocycles. The van der Waals surface area contributed by atoms with E-state index < -0.39 is 0 Å². The minimum atomic E-state index is 0.114. The van der Waals surface area contributed by atoms with Crippen molar-refractivity contribution in [1.82, 2.24) is 15.1 Å². The Morgan fingerprint density at radius 1 is 1.10 bits per heavy atom. The van der Waals surface area contributed by atoms with Crippen LogP contribution in [0.2, 0.25) is 0 Å². The molecule has 0 fully saturated rings. The lowest BCUT2D eigenvalue weighted by atomic mass is 10.1. The van der Waals surface area contributed by atoms with E-state index in [1.807, 2.05) is 16.9 Å². The summed E-state index contributed by atoms with van der Waals surface area (Å²) in [5, 5.41) is 20.5. The van der Waals surface area contributed by atoms with Crippen LogP contribution >= 0.6 is 0 Å². The van der Waals surface area contributed by atoms with Gasteiger partial charge in [0.15, 0.2) is 11.5 Å². The van der Waals surface area contributed by atoms with Gasteiger partial charge in [0.1, 0.15) is 0 Å². The Balaban J connectivity index is 1.56. The first-order valence-electron chi connectivity index (χ1n) is 9.70. The SMILES string of the molecule is COc1ccc(CN[C@H](C)c2cnn(-c3cccc4ccccc34)c2C)cc1O. The van der Waals surface area contributed by atoms with Crippen LogP contribution in [0, 0.1) is 6.92 Å². The first-order valence-corrected chi connectivity index (χ1v) is 9.70. The molecule has 0 saturated carbocycles. The fourth-order valence-electron chi connectivity index (χ4n) is 3.71. The van der Waals surface area contributed by atoms with Crippen LogP contribution in [-0.4, -0.2) is 22.0 Å². The Bertz CT molecular complexity index is 1140. The van der Waals surface area contributed by atoms with Gasteiger partial charge in [-0.1, -0.05) is 42.5 Å². The molecule has 4 rings (SSSR count). The summed E-state index contributed by atoms with van der Waals surface area (Å²) in [5.41, 5.74) is 4.34. The Kier molecular flexibility index (Phi) is 5.23. The predicted octanol–water partition coefficient (Wildman–Crippen LogP) is 4.90. The Hall–Kier alpha value is -3.31. The summed E-state index contributed by atoms with van der Waals surface area (Å²) in [6.45, 7) is 4.86. The van der Waals surface area contributed by atoms with Crippen molar-refractivity contribution in [3.8, 4) is 17.2 Å². The molecule has 5 nitrogen and oxygen atoms in total. The highest BCUT2D eigenvalue weighted by Crippen LogP contribution is 2.28. The number of hydrogen-bond donors (Lipinski definition) is 2. The van der Waals surface area contributed by atoms with Gasteiger partial charge in [-0.3, -0.25) is 0 Å². The van der Waals surface area contributed by atoms with Gasteiger partial charge in [-0.15, -0.1) is 0 Å². The van der Waals surface area contributed by atoms with Gasteiger partial charge in [-0.2, -0.15) is 5.10 Å². The maximum atomic E-state index is 9.97. The number of rotatable bonds is 6. The number of aromatic nitrogens is 2. The minimum Gasteiger partial charge on any atom is -0.504 e. The van der Waals surface area contributed by atoms with Crippen LogP contribution in [0.5, 0.6) is 11.5 Å². The summed E-state index contributed by atoms with van der Waals surface area (Å²) in [4.78, 5) is 0. The van der Waals surface area contributed by atoms with Crippen molar-refractivity contribution in [1.29, 1.82) is 0 Å². The molecule has 5 heteroatoms. The van der Waals surface area contributed by atoms with Crippen LogP contribution in [0.4, 0.5) is 0 Å². The van der Waals surface area contributed by atoms with Crippen molar-refractivity contribution >= 4 is 10.8 Å². The van der Waals surface area contributed by atoms with Crippen molar-refractivity contribution in [2.24, 2.45) is 0 Å². The molecule has 0 spiro atoms. The van der Waals surface area contributed by atoms with E-state index in [0.29, 0.717) is 12.3 Å². The molecular weight excluding hydrogens is 362 g/mol. The molecule has 0 radical (unpaired) electrons. The topological polar surface area (TPSA) is 59.3 Å². The second kappa shape index (κ2) is 7.97. The largest absolute Gasteiger partial charge is 0.504 e. The highest BCUT2D eigenvalue weighted by atomic mass is 16.5. The average molecular weight is 387 g/mol. The Morgan fingerprint density at radius 3 is 2.69 bits per heavy atom. The average Bonchev–Trinajstić information content (AvgIpc) is 3.13. The second-order valence-electron chi connectivity index (χ2n) is 7.20. The smallest absolute Gasteiger partial charge is 0.160 e. The monoisotopic (exact) mass is 387 g/mol. The lowest BCUT2D eigenvalue weighted by Crippen LogP contribution is -2.18. The van der Waals surface area contributed by atoms with E-state index in [1.165, 1.54) is 10.8 Å². The van der Waals surface area contributed by atoms with Gasteiger partial charge < -0.3 is 15.2 Å². The van der Waals surface area contributed by atoms with Crippen molar-refractivity contribution in [2.75, 3.05) is 7.11 Å². The molecule has 3 aromatic carbocycles. The number of benzene rings is 3. The van der Waals surface area contributed by atoms with Crippen molar-refractivity contribution in [2.45, 2.75) is 26.4 Å². The molecule has 1 atom stereocenters. The molecule has 0 aliphatic heterocycles. The van der Waals surface area contributed by atoms with E-state index in [2.05, 4.69) is 66.7 Å². The number of nitrogens with zero attached hydrogens (tertiary/aromatic N) is 2. The van der Waals surface area contributed by atoms with E-state index in [9.17, 15) is 5.11 Å². The normalized spacial score (nSPS) is 12.2. The third-order valence-corrected chi connectivity index (χ3v) is 5.36. The molecule has 0 unspecified atom stereocenters. The van der Waals surface area contributed by atoms with Gasteiger partial charge in [-0.25, -0.2) is 4.68 Å². The van der Waals surface area contributed by atoms with Crippen molar-refractivity contribution in [3.05, 3.63) is 83.7 Å². The summed E-state index contributed by atoms with van der Waals surface area (Å²) in [6, 6.07) is 20.2. The zero-order valence-corrected chi connectivity index (χ0v) is 16.9. The molecule has 4 aromatic rings. The molecule has 0 bridgehead atoms. The van der Waals surface area contributed by atoms with E-state index in [-0.39, 0.29) is 11.8 Å². The summed E-state index contributed by atoms with van der Waals surface area (Å²) in [5.74, 6) is 0.633. The van der Waals surface area contributed by atoms with Gasteiger partial charge in [0.2, 0.25) is 0 Å². The number of nitrogens with one attached hydrogen (secondary N) is 1. The summed E-state index contributed by atoms with van der Waals surface area (Å²) in [6.07, 6.45) is 1.93. The van der Waals surface area contributed by atoms with Gasteiger partial charge in [0.05, 0.1) is 19.0 Å². The second-order valence-corrected chi connectivity index (χ2v) is 7.20. The summed E-state index contributed by atoms with van der Waals surface area (Å²) < 4.78 is 7.11. The quantitative estimate of drug-likeness (QED) is 0.494. The third kappa shape index (κ3) is 3.69. The van der Waals surface area contributed by atoms with Crippen molar-refractivity contribution < 1.29 is 9.84 Å². The number of phenolic OH excluding ortho intramolecular Hbond substituents is 1. The third-order valence-electron chi connectivity index (χ3n) is 5.36. The first-order chi connectivity index (χ1) is 14.1. The fourth-order valence-corrected chi connectivity index (χ4v) is 3.71. The van der Waals surface area contributed by atoms with Gasteiger partial charge >= 0.3 is 0 Å². The van der Waals surface area contributed by atoms with Crippen LogP contribution in [0.25, 0.3) is 16.5 Å². The number of aromatic hydroxyl groups is 1. The zero-order chi connectivity index (χ0) is 20.4. The molecule has 1 aromatic heterocycles. The first kappa shape index (κ1) is 19.0. The highest BCUT2D eigenvalue weighted by molar-refractivity contribution is 5.90. The van der Waals surface area contributed by atoms with Crippen LogP contribution < -0.4 is 10.1 Å². The number of fused-ring (bicyclic) bond motifs is 1. The van der Waals surface area contributed by atoms with Crippen molar-refractivity contribution in [3.63, 3.8) is 0 Å². The van der Waals surface area contributed by atoms with E-state index in [4.69, 9.17) is 4.74 Å². The van der Waals surface area contributed by atoms with E-state index >= 15 is 0 Å². The zero-order valence-electron chi connectivity index (χ0n) is 16.9. The minimum absolute atomic E-state index is 0.114. The van der Waals surface area contributed by atoms with Gasteiger partial charge in [0.25, 0.3) is 0 Å². The maximum Gasteiger partial charge on any atom is 0.160 e. The van der Waals surface area contributed by atoms with Crippen LogP contribution in [-0.2, 0) is 6.54 Å². The fraction of sp³-hybridized carbons (Fsp3) is 0.208. The van der Waals surface area contributed by atoms with Gasteiger partial charge in [0, 0.05) is 29.2 Å². The van der Waals surface area contributed by atoms with Crippen LogP contribution in [0.3, 0.4) is 0 Å². The van der Waals surface area contributed by atoms with Crippen LogP contribution in [0.1, 0.15) is 29.8 Å². The number of hydrogen-bond acceptors (Lipinski definition) is 4. The molecular formula is C24H25N3O2. The van der Waals surface area contributed by atoms with E-state index in [1.54, 1.807) is 19.2 Å². The Morgan fingerprint density at radius 2 is 1.90 bits per heavy atom. The molecule has 0 aliphatic carbocycles. The Labute approximate surface area is 170 Å². The maximum absolute atomic E-state index is 9.97. The number of methoxy groups -OCH3 is 1. The molecule has 0 saturated heterocycles. The standard InChI is InChI=1S/C24H25N3O2/c1-16(25-14-18-11-12-24(29-3)23(28)13-18)21-15-26-27(17(21)2)22-10-6-8-19-7-4-5-9-20(19)22/h4-13,15-16,25,28H,14H2,1-3H3/t16-/m1/s1. The van der Waals surface area contributed by atoms with E-state index in [0.717, 1.165) is 22.5 Å². The van der Waals surface area contributed by atoms with Crippen LogP contribution in [0.15, 0.2) is 66.9 Å². The number of phenols is 1. The summed E-state index contributed by atoms with van der Waals surface area (Å²) in [7, 11) is 1.55. The highest BCUT2D eigenvalue weighted by Gasteiger charge is 2.15. The lowest BCUT2D eigenvalue weighted by molar-refractivity contribution is 0.373. The number of ether oxygens (including phenoxy) is 1. The molecule has 0 aliphatic rings. The molecule has 148 valence electrons. The molecule has 2 N–H and O–H groups in total. The molecule has 29 heavy (non-hydrogen) atoms. The summed E-state index contributed by atoms with van der Waals surface area (Å²) >= 11 is 0. The van der Waals surface area contributed by atoms with Gasteiger partial charge in [-0.05, 0) is 43.0 Å². The molecule has 0 amide bonds.